The maximum atomic E-state index is 5.73. The lowest BCUT2D eigenvalue weighted by atomic mass is 10.1. The van der Waals surface area contributed by atoms with Crippen LogP contribution in [0.3, 0.4) is 0 Å². The number of hydrogen-bond donors (Lipinski definition) is 1. The molecule has 0 amide bonds. The zero-order valence-corrected chi connectivity index (χ0v) is 12.9. The molecule has 0 saturated carbocycles. The minimum Gasteiger partial charge on any atom is -0.496 e. The molecule has 4 heteroatoms. The molecule has 3 nitrogen and oxygen atoms in total. The van der Waals surface area contributed by atoms with Crippen LogP contribution in [0.1, 0.15) is 25.0 Å². The second-order valence-electron chi connectivity index (χ2n) is 5.30. The second-order valence-corrected chi connectivity index (χ2v) is 7.18. The van der Waals surface area contributed by atoms with Crippen molar-refractivity contribution in [3.05, 3.63) is 29.3 Å². The number of methoxy groups -OCH3 is 1. The van der Waals surface area contributed by atoms with E-state index >= 15 is 0 Å². The Hall–Kier alpha value is -0.710. The van der Waals surface area contributed by atoms with E-state index in [-0.39, 0.29) is 0 Å². The van der Waals surface area contributed by atoms with Crippen LogP contribution in [0.5, 0.6) is 5.75 Å². The van der Waals surface area contributed by atoms with Crippen LogP contribution < -0.4 is 10.5 Å². The third-order valence-corrected chi connectivity index (χ3v) is 4.70. The van der Waals surface area contributed by atoms with Crippen LogP contribution in [0.15, 0.2) is 18.2 Å². The summed E-state index contributed by atoms with van der Waals surface area (Å²) in [5.41, 5.74) is 8.15. The first kappa shape index (κ1) is 14.7. The van der Waals surface area contributed by atoms with Gasteiger partial charge >= 0.3 is 0 Å². The number of hydrogen-bond acceptors (Lipinski definition) is 4. The Morgan fingerprint density at radius 1 is 1.32 bits per heavy atom. The van der Waals surface area contributed by atoms with E-state index in [1.165, 1.54) is 11.1 Å². The highest BCUT2D eigenvalue weighted by Gasteiger charge is 2.23. The molecule has 1 aromatic rings. The van der Waals surface area contributed by atoms with Gasteiger partial charge in [-0.05, 0) is 17.7 Å². The monoisotopic (exact) mass is 280 g/mol. The second kappa shape index (κ2) is 6.64. The molecule has 1 aromatic carbocycles. The SMILES string of the molecule is COc1ccc(CN)cc1CN1CC(C)SC(C)C1. The van der Waals surface area contributed by atoms with Crippen molar-refractivity contribution in [2.24, 2.45) is 5.73 Å². The Morgan fingerprint density at radius 2 is 2.00 bits per heavy atom. The number of benzene rings is 1. The standard InChI is InChI=1S/C15H24N2OS/c1-11-8-17(9-12(2)19-11)10-14-6-13(7-16)4-5-15(14)18-3/h4-6,11-12H,7-10,16H2,1-3H3. The summed E-state index contributed by atoms with van der Waals surface area (Å²) >= 11 is 2.08. The molecular weight excluding hydrogens is 256 g/mol. The zero-order chi connectivity index (χ0) is 13.8. The van der Waals surface area contributed by atoms with Gasteiger partial charge in [0.15, 0.2) is 0 Å². The van der Waals surface area contributed by atoms with Crippen molar-refractivity contribution in [1.29, 1.82) is 0 Å². The van der Waals surface area contributed by atoms with Crippen LogP contribution in [0.2, 0.25) is 0 Å². The Bertz CT molecular complexity index is 415. The van der Waals surface area contributed by atoms with Crippen molar-refractivity contribution in [3.63, 3.8) is 0 Å². The van der Waals surface area contributed by atoms with E-state index < -0.39 is 0 Å². The largest absolute Gasteiger partial charge is 0.496 e. The van der Waals surface area contributed by atoms with Gasteiger partial charge in [-0.2, -0.15) is 11.8 Å². The van der Waals surface area contributed by atoms with E-state index in [2.05, 4.69) is 36.6 Å². The number of nitrogens with two attached hydrogens (primary N) is 1. The van der Waals surface area contributed by atoms with Gasteiger partial charge in [0, 0.05) is 42.2 Å². The van der Waals surface area contributed by atoms with E-state index in [0.29, 0.717) is 17.0 Å². The van der Waals surface area contributed by atoms with Crippen molar-refractivity contribution in [3.8, 4) is 5.75 Å². The van der Waals surface area contributed by atoms with Crippen molar-refractivity contribution < 1.29 is 4.74 Å². The summed E-state index contributed by atoms with van der Waals surface area (Å²) in [5.74, 6) is 0.968. The predicted molar refractivity (Wildman–Crippen MR) is 82.7 cm³/mol. The fourth-order valence-corrected chi connectivity index (χ4v) is 4.12. The molecule has 0 spiro atoms. The Morgan fingerprint density at radius 3 is 2.58 bits per heavy atom. The molecule has 0 aromatic heterocycles. The molecule has 19 heavy (non-hydrogen) atoms. The van der Waals surface area contributed by atoms with Gasteiger partial charge in [-0.15, -0.1) is 0 Å². The summed E-state index contributed by atoms with van der Waals surface area (Å²) < 4.78 is 5.47. The van der Waals surface area contributed by atoms with Crippen LogP contribution in [0, 0.1) is 0 Å². The van der Waals surface area contributed by atoms with Crippen molar-refractivity contribution >= 4 is 11.8 Å². The normalized spacial score (nSPS) is 24.4. The molecule has 1 fully saturated rings. The molecule has 1 aliphatic heterocycles. The molecule has 106 valence electrons. The highest BCUT2D eigenvalue weighted by Crippen LogP contribution is 2.28. The molecular formula is C15H24N2OS. The molecule has 2 unspecified atom stereocenters. The number of thioether (sulfide) groups is 1. The molecule has 1 heterocycles. The number of ether oxygens (including phenoxy) is 1. The summed E-state index contributed by atoms with van der Waals surface area (Å²) in [6.45, 7) is 8.43. The maximum Gasteiger partial charge on any atom is 0.123 e. The van der Waals surface area contributed by atoms with Crippen LogP contribution >= 0.6 is 11.8 Å². The van der Waals surface area contributed by atoms with E-state index in [4.69, 9.17) is 10.5 Å². The molecule has 0 aliphatic carbocycles. The number of nitrogens with zero attached hydrogens (tertiary/aromatic N) is 1. The van der Waals surface area contributed by atoms with E-state index in [9.17, 15) is 0 Å². The lowest BCUT2D eigenvalue weighted by Crippen LogP contribution is -2.39. The van der Waals surface area contributed by atoms with Crippen LogP contribution in [-0.4, -0.2) is 35.6 Å². The summed E-state index contributed by atoms with van der Waals surface area (Å²) in [5, 5.41) is 1.40. The van der Waals surface area contributed by atoms with Crippen molar-refractivity contribution in [1.82, 2.24) is 4.90 Å². The van der Waals surface area contributed by atoms with E-state index in [0.717, 1.165) is 25.4 Å². The maximum absolute atomic E-state index is 5.73. The van der Waals surface area contributed by atoms with Gasteiger partial charge in [0.1, 0.15) is 5.75 Å². The summed E-state index contributed by atoms with van der Waals surface area (Å²) in [7, 11) is 1.73. The molecule has 0 radical (unpaired) electrons. The van der Waals surface area contributed by atoms with Crippen LogP contribution in [0.4, 0.5) is 0 Å². The Kier molecular flexibility index (Phi) is 5.13. The molecule has 1 saturated heterocycles. The highest BCUT2D eigenvalue weighted by molar-refractivity contribution is 8.00. The minimum absolute atomic E-state index is 0.583. The minimum atomic E-state index is 0.583. The quantitative estimate of drug-likeness (QED) is 0.919. The molecule has 0 bridgehead atoms. The van der Waals surface area contributed by atoms with Crippen molar-refractivity contribution in [2.45, 2.75) is 37.4 Å². The van der Waals surface area contributed by atoms with Gasteiger partial charge < -0.3 is 10.5 Å². The van der Waals surface area contributed by atoms with E-state index in [1.54, 1.807) is 7.11 Å². The summed E-state index contributed by atoms with van der Waals surface area (Å²) in [6.07, 6.45) is 0. The summed E-state index contributed by atoms with van der Waals surface area (Å²) in [6, 6.07) is 6.25. The first-order valence-corrected chi connectivity index (χ1v) is 7.80. The van der Waals surface area contributed by atoms with E-state index in [1.807, 2.05) is 12.1 Å². The Labute approximate surface area is 120 Å². The smallest absolute Gasteiger partial charge is 0.123 e. The number of rotatable bonds is 4. The highest BCUT2D eigenvalue weighted by atomic mass is 32.2. The zero-order valence-electron chi connectivity index (χ0n) is 12.1. The fraction of sp³-hybridized carbons (Fsp3) is 0.600. The first-order chi connectivity index (χ1) is 9.12. The molecule has 2 atom stereocenters. The van der Waals surface area contributed by atoms with Crippen molar-refractivity contribution in [2.75, 3.05) is 20.2 Å². The molecule has 2 N–H and O–H groups in total. The molecule has 2 rings (SSSR count). The lowest BCUT2D eigenvalue weighted by Gasteiger charge is -2.34. The average molecular weight is 280 g/mol. The Balaban J connectivity index is 2.12. The first-order valence-electron chi connectivity index (χ1n) is 6.86. The predicted octanol–water partition coefficient (Wildman–Crippen LogP) is 2.48. The summed E-state index contributed by atoms with van der Waals surface area (Å²) in [4.78, 5) is 2.52. The van der Waals surface area contributed by atoms with Gasteiger partial charge in [0.05, 0.1) is 7.11 Å². The van der Waals surface area contributed by atoms with Gasteiger partial charge in [-0.1, -0.05) is 19.9 Å². The van der Waals surface area contributed by atoms with Crippen LogP contribution in [-0.2, 0) is 13.1 Å². The van der Waals surface area contributed by atoms with Gasteiger partial charge in [0.25, 0.3) is 0 Å². The third kappa shape index (κ3) is 3.88. The van der Waals surface area contributed by atoms with Gasteiger partial charge in [-0.25, -0.2) is 0 Å². The fourth-order valence-electron chi connectivity index (χ4n) is 2.74. The van der Waals surface area contributed by atoms with Crippen LogP contribution in [0.25, 0.3) is 0 Å². The molecule has 1 aliphatic rings. The topological polar surface area (TPSA) is 38.5 Å². The van der Waals surface area contributed by atoms with Gasteiger partial charge in [-0.3, -0.25) is 4.90 Å². The van der Waals surface area contributed by atoms with Gasteiger partial charge in [0.2, 0.25) is 0 Å². The lowest BCUT2D eigenvalue weighted by molar-refractivity contribution is 0.258. The third-order valence-electron chi connectivity index (χ3n) is 3.47. The average Bonchev–Trinajstić information content (AvgIpc) is 2.37.